The lowest BCUT2D eigenvalue weighted by molar-refractivity contribution is 0.332. The lowest BCUT2D eigenvalue weighted by Crippen LogP contribution is -2.26. The SMILES string of the molecule is CCOc1ccccc1CN(C)S(=O)(=O)c1cccc(-n2cnnn2)c1. The van der Waals surface area contributed by atoms with Crippen LogP contribution in [0.3, 0.4) is 0 Å². The second-order valence-corrected chi connectivity index (χ2v) is 7.60. The molecule has 3 aromatic rings. The van der Waals surface area contributed by atoms with E-state index in [0.29, 0.717) is 18.0 Å². The van der Waals surface area contributed by atoms with Crippen molar-refractivity contribution in [3.05, 3.63) is 60.4 Å². The molecule has 9 heteroatoms. The van der Waals surface area contributed by atoms with Gasteiger partial charge in [-0.05, 0) is 41.6 Å². The van der Waals surface area contributed by atoms with E-state index in [1.165, 1.54) is 21.4 Å². The standard InChI is InChI=1S/C17H19N5O3S/c1-3-25-17-10-5-4-7-14(17)12-21(2)26(23,24)16-9-6-8-15(11-16)22-13-18-19-20-22/h4-11,13H,3,12H2,1-2H3. The fourth-order valence-corrected chi connectivity index (χ4v) is 3.69. The number of sulfonamides is 1. The van der Waals surface area contributed by atoms with Gasteiger partial charge in [-0.15, -0.1) is 5.10 Å². The molecule has 0 aliphatic carbocycles. The molecule has 8 nitrogen and oxygen atoms in total. The van der Waals surface area contributed by atoms with E-state index in [-0.39, 0.29) is 11.4 Å². The van der Waals surface area contributed by atoms with Gasteiger partial charge in [-0.1, -0.05) is 24.3 Å². The Morgan fingerprint density at radius 3 is 2.69 bits per heavy atom. The number of hydrogen-bond donors (Lipinski definition) is 0. The zero-order chi connectivity index (χ0) is 18.6. The lowest BCUT2D eigenvalue weighted by Gasteiger charge is -2.19. The molecule has 0 bridgehead atoms. The summed E-state index contributed by atoms with van der Waals surface area (Å²) in [5.74, 6) is 0.680. The number of benzene rings is 2. The van der Waals surface area contributed by atoms with E-state index < -0.39 is 10.0 Å². The Labute approximate surface area is 152 Å². The van der Waals surface area contributed by atoms with Crippen LogP contribution in [0.2, 0.25) is 0 Å². The molecule has 0 atom stereocenters. The molecule has 0 fully saturated rings. The maximum atomic E-state index is 13.0. The molecule has 0 radical (unpaired) electrons. The van der Waals surface area contributed by atoms with Crippen LogP contribution in [0.5, 0.6) is 5.75 Å². The molecule has 0 aliphatic rings. The van der Waals surface area contributed by atoms with Gasteiger partial charge in [0.1, 0.15) is 12.1 Å². The summed E-state index contributed by atoms with van der Waals surface area (Å²) in [6.45, 7) is 2.61. The average Bonchev–Trinajstić information content (AvgIpc) is 3.18. The van der Waals surface area contributed by atoms with Crippen molar-refractivity contribution in [2.45, 2.75) is 18.4 Å². The number of nitrogens with zero attached hydrogens (tertiary/aromatic N) is 5. The molecule has 1 aromatic heterocycles. The average molecular weight is 373 g/mol. The van der Waals surface area contributed by atoms with Crippen LogP contribution in [0.15, 0.2) is 59.8 Å². The predicted molar refractivity (Wildman–Crippen MR) is 95.4 cm³/mol. The molecule has 0 saturated heterocycles. The maximum Gasteiger partial charge on any atom is 0.243 e. The first-order valence-corrected chi connectivity index (χ1v) is 9.47. The molecule has 0 amide bonds. The quantitative estimate of drug-likeness (QED) is 0.628. The van der Waals surface area contributed by atoms with Crippen molar-refractivity contribution < 1.29 is 13.2 Å². The van der Waals surface area contributed by atoms with Crippen LogP contribution in [0, 0.1) is 0 Å². The summed E-state index contributed by atoms with van der Waals surface area (Å²) in [5.41, 5.74) is 1.37. The first-order chi connectivity index (χ1) is 12.5. The topological polar surface area (TPSA) is 90.2 Å². The fraction of sp³-hybridized carbons (Fsp3) is 0.235. The van der Waals surface area contributed by atoms with Gasteiger partial charge in [-0.25, -0.2) is 13.1 Å². The molecular weight excluding hydrogens is 354 g/mol. The van der Waals surface area contributed by atoms with Gasteiger partial charge >= 0.3 is 0 Å². The van der Waals surface area contributed by atoms with Crippen LogP contribution in [-0.2, 0) is 16.6 Å². The Bertz CT molecular complexity index is 974. The van der Waals surface area contributed by atoms with Crippen LogP contribution in [-0.4, -0.2) is 46.6 Å². The summed E-state index contributed by atoms with van der Waals surface area (Å²) < 4.78 is 34.2. The van der Waals surface area contributed by atoms with Gasteiger partial charge < -0.3 is 4.74 Å². The second-order valence-electron chi connectivity index (χ2n) is 5.55. The van der Waals surface area contributed by atoms with E-state index >= 15 is 0 Å². The number of ether oxygens (including phenoxy) is 1. The third kappa shape index (κ3) is 3.73. The van der Waals surface area contributed by atoms with Crippen LogP contribution < -0.4 is 4.74 Å². The molecule has 0 spiro atoms. The summed E-state index contributed by atoms with van der Waals surface area (Å²) in [4.78, 5) is 0.168. The molecule has 0 N–H and O–H groups in total. The highest BCUT2D eigenvalue weighted by molar-refractivity contribution is 7.89. The zero-order valence-corrected chi connectivity index (χ0v) is 15.3. The minimum absolute atomic E-state index is 0.168. The largest absolute Gasteiger partial charge is 0.494 e. The highest BCUT2D eigenvalue weighted by atomic mass is 32.2. The molecule has 0 unspecified atom stereocenters. The Morgan fingerprint density at radius 1 is 1.15 bits per heavy atom. The number of hydrogen-bond acceptors (Lipinski definition) is 6. The summed E-state index contributed by atoms with van der Waals surface area (Å²) in [6, 6.07) is 13.9. The third-order valence-corrected chi connectivity index (χ3v) is 5.60. The molecule has 1 heterocycles. The van der Waals surface area contributed by atoms with Crippen LogP contribution in [0.25, 0.3) is 5.69 Å². The monoisotopic (exact) mass is 373 g/mol. The molecule has 3 rings (SSSR count). The summed E-state index contributed by atoms with van der Waals surface area (Å²) >= 11 is 0. The van der Waals surface area contributed by atoms with E-state index in [1.807, 2.05) is 31.2 Å². The number of rotatable bonds is 7. The molecule has 136 valence electrons. The predicted octanol–water partition coefficient (Wildman–Crippen LogP) is 1.88. The summed E-state index contributed by atoms with van der Waals surface area (Å²) in [5, 5.41) is 10.9. The highest BCUT2D eigenvalue weighted by Crippen LogP contribution is 2.23. The van der Waals surface area contributed by atoms with Crippen molar-refractivity contribution in [3.8, 4) is 11.4 Å². The van der Waals surface area contributed by atoms with E-state index in [9.17, 15) is 8.42 Å². The summed E-state index contributed by atoms with van der Waals surface area (Å²) in [6.07, 6.45) is 1.41. The summed E-state index contributed by atoms with van der Waals surface area (Å²) in [7, 11) is -2.14. The lowest BCUT2D eigenvalue weighted by atomic mass is 10.2. The normalized spacial score (nSPS) is 11.7. The molecule has 0 aliphatic heterocycles. The van der Waals surface area contributed by atoms with Gasteiger partial charge in [0.25, 0.3) is 0 Å². The fourth-order valence-electron chi connectivity index (χ4n) is 2.50. The Hall–Kier alpha value is -2.78. The van der Waals surface area contributed by atoms with Crippen molar-refractivity contribution in [2.24, 2.45) is 0 Å². The van der Waals surface area contributed by atoms with E-state index in [1.54, 1.807) is 25.2 Å². The van der Waals surface area contributed by atoms with Crippen molar-refractivity contribution in [1.29, 1.82) is 0 Å². The van der Waals surface area contributed by atoms with Gasteiger partial charge in [-0.3, -0.25) is 0 Å². The molecule has 2 aromatic carbocycles. The van der Waals surface area contributed by atoms with Gasteiger partial charge in [0.2, 0.25) is 10.0 Å². The third-order valence-electron chi connectivity index (χ3n) is 3.80. The van der Waals surface area contributed by atoms with Gasteiger partial charge in [0, 0.05) is 19.2 Å². The molecule has 0 saturated carbocycles. The minimum atomic E-state index is -3.69. The van der Waals surface area contributed by atoms with Crippen molar-refractivity contribution in [3.63, 3.8) is 0 Å². The van der Waals surface area contributed by atoms with Crippen molar-refractivity contribution in [1.82, 2.24) is 24.5 Å². The number of tetrazole rings is 1. The Morgan fingerprint density at radius 2 is 1.96 bits per heavy atom. The van der Waals surface area contributed by atoms with E-state index in [4.69, 9.17) is 4.74 Å². The smallest absolute Gasteiger partial charge is 0.243 e. The minimum Gasteiger partial charge on any atom is -0.494 e. The van der Waals surface area contributed by atoms with Crippen LogP contribution in [0.1, 0.15) is 12.5 Å². The van der Waals surface area contributed by atoms with Gasteiger partial charge in [0.05, 0.1) is 17.2 Å². The van der Waals surface area contributed by atoms with Gasteiger partial charge in [-0.2, -0.15) is 4.31 Å². The molecular formula is C17H19N5O3S. The first-order valence-electron chi connectivity index (χ1n) is 8.03. The highest BCUT2D eigenvalue weighted by Gasteiger charge is 2.22. The number of aromatic nitrogens is 4. The van der Waals surface area contributed by atoms with Crippen LogP contribution >= 0.6 is 0 Å². The Kier molecular flexibility index (Phi) is 5.29. The second kappa shape index (κ2) is 7.63. The zero-order valence-electron chi connectivity index (χ0n) is 14.5. The van der Waals surface area contributed by atoms with Crippen molar-refractivity contribution in [2.75, 3.05) is 13.7 Å². The first kappa shape index (κ1) is 18.0. The van der Waals surface area contributed by atoms with Crippen molar-refractivity contribution >= 4 is 10.0 Å². The van der Waals surface area contributed by atoms with E-state index in [2.05, 4.69) is 15.5 Å². The number of para-hydroxylation sites is 1. The van der Waals surface area contributed by atoms with E-state index in [0.717, 1.165) is 5.56 Å². The molecule has 26 heavy (non-hydrogen) atoms. The van der Waals surface area contributed by atoms with Gasteiger partial charge in [0.15, 0.2) is 0 Å². The van der Waals surface area contributed by atoms with Crippen LogP contribution in [0.4, 0.5) is 0 Å². The Balaban J connectivity index is 1.87. The maximum absolute atomic E-state index is 13.0.